The Morgan fingerprint density at radius 2 is 2.47 bits per heavy atom. The molecule has 94 valence electrons. The van der Waals surface area contributed by atoms with Crippen LogP contribution >= 0.6 is 0 Å². The predicted molar refractivity (Wildman–Crippen MR) is 60.0 cm³/mol. The fraction of sp³-hybridized carbons (Fsp3) is 0.556. The maximum Gasteiger partial charge on any atom is 0.231 e. The molecule has 0 aromatic carbocycles. The minimum absolute atomic E-state index is 0.0982. The zero-order chi connectivity index (χ0) is 12.8. The van der Waals surface area contributed by atoms with Crippen molar-refractivity contribution in [3.63, 3.8) is 0 Å². The lowest BCUT2D eigenvalue weighted by atomic mass is 10.1. The average molecular weight is 240 g/mol. The van der Waals surface area contributed by atoms with Crippen LogP contribution in [0.3, 0.4) is 0 Å². The van der Waals surface area contributed by atoms with Gasteiger partial charge in [0.05, 0.1) is 12.5 Å². The maximum absolute atomic E-state index is 11.7. The van der Waals surface area contributed by atoms with Crippen molar-refractivity contribution < 1.29 is 10.0 Å². The fourth-order valence-corrected chi connectivity index (χ4v) is 1.35. The van der Waals surface area contributed by atoms with Gasteiger partial charge in [-0.1, -0.05) is 12.1 Å². The molecule has 0 fully saturated rings. The molecule has 1 amide bonds. The van der Waals surface area contributed by atoms with Gasteiger partial charge in [0.1, 0.15) is 6.33 Å². The SMILES string of the molecule is CCC(C(=O)NCc1ncn(C)n1)C(N)=NO. The second kappa shape index (κ2) is 5.83. The summed E-state index contributed by atoms with van der Waals surface area (Å²) in [6, 6.07) is 0. The highest BCUT2D eigenvalue weighted by Gasteiger charge is 2.21. The molecular weight excluding hydrogens is 224 g/mol. The van der Waals surface area contributed by atoms with E-state index in [1.165, 1.54) is 0 Å². The van der Waals surface area contributed by atoms with E-state index >= 15 is 0 Å². The van der Waals surface area contributed by atoms with Crippen LogP contribution in [0.1, 0.15) is 19.2 Å². The Balaban J connectivity index is 2.54. The molecule has 1 aromatic heterocycles. The van der Waals surface area contributed by atoms with Crippen LogP contribution in [0.5, 0.6) is 0 Å². The third kappa shape index (κ3) is 3.44. The number of aromatic nitrogens is 3. The number of nitrogens with zero attached hydrogens (tertiary/aromatic N) is 4. The Morgan fingerprint density at radius 3 is 2.94 bits per heavy atom. The lowest BCUT2D eigenvalue weighted by Crippen LogP contribution is -2.38. The number of oxime groups is 1. The van der Waals surface area contributed by atoms with Crippen molar-refractivity contribution in [1.29, 1.82) is 0 Å². The van der Waals surface area contributed by atoms with Crippen LogP contribution < -0.4 is 11.1 Å². The monoisotopic (exact) mass is 240 g/mol. The lowest BCUT2D eigenvalue weighted by Gasteiger charge is -2.12. The van der Waals surface area contributed by atoms with Crippen molar-refractivity contribution >= 4 is 11.7 Å². The summed E-state index contributed by atoms with van der Waals surface area (Å²) in [4.78, 5) is 15.7. The smallest absolute Gasteiger partial charge is 0.231 e. The van der Waals surface area contributed by atoms with Gasteiger partial charge < -0.3 is 16.3 Å². The van der Waals surface area contributed by atoms with Gasteiger partial charge in [0.2, 0.25) is 5.91 Å². The van der Waals surface area contributed by atoms with Gasteiger partial charge in [-0.3, -0.25) is 9.48 Å². The highest BCUT2D eigenvalue weighted by molar-refractivity contribution is 6.01. The quantitative estimate of drug-likeness (QED) is 0.269. The highest BCUT2D eigenvalue weighted by Crippen LogP contribution is 2.03. The molecule has 1 aromatic rings. The second-order valence-corrected chi connectivity index (χ2v) is 3.54. The van der Waals surface area contributed by atoms with Crippen LogP contribution in [0.2, 0.25) is 0 Å². The fourth-order valence-electron chi connectivity index (χ4n) is 1.35. The van der Waals surface area contributed by atoms with Gasteiger partial charge >= 0.3 is 0 Å². The molecule has 0 spiro atoms. The molecule has 8 heteroatoms. The summed E-state index contributed by atoms with van der Waals surface area (Å²) in [6.45, 7) is 2.00. The number of hydrogen-bond donors (Lipinski definition) is 3. The summed E-state index contributed by atoms with van der Waals surface area (Å²) in [6.07, 6.45) is 2.00. The number of amidine groups is 1. The van der Waals surface area contributed by atoms with Crippen LogP contribution in [-0.2, 0) is 18.4 Å². The van der Waals surface area contributed by atoms with Crippen LogP contribution in [0.25, 0.3) is 0 Å². The van der Waals surface area contributed by atoms with Crippen molar-refractivity contribution in [3.8, 4) is 0 Å². The van der Waals surface area contributed by atoms with Gasteiger partial charge in [-0.15, -0.1) is 0 Å². The van der Waals surface area contributed by atoms with Crippen LogP contribution in [-0.4, -0.2) is 31.7 Å². The molecule has 0 aliphatic rings. The molecule has 1 atom stereocenters. The van der Waals surface area contributed by atoms with Gasteiger partial charge in [0.25, 0.3) is 0 Å². The topological polar surface area (TPSA) is 118 Å². The first-order chi connectivity index (χ1) is 8.08. The van der Waals surface area contributed by atoms with E-state index in [9.17, 15) is 4.79 Å². The van der Waals surface area contributed by atoms with E-state index < -0.39 is 5.92 Å². The van der Waals surface area contributed by atoms with Gasteiger partial charge in [-0.05, 0) is 6.42 Å². The summed E-state index contributed by atoms with van der Waals surface area (Å²) in [5.41, 5.74) is 5.41. The molecule has 0 aliphatic heterocycles. The Bertz CT molecular complexity index is 413. The molecule has 1 rings (SSSR count). The predicted octanol–water partition coefficient (Wildman–Crippen LogP) is -0.796. The summed E-state index contributed by atoms with van der Waals surface area (Å²) in [7, 11) is 1.74. The first-order valence-corrected chi connectivity index (χ1v) is 5.18. The molecule has 0 radical (unpaired) electrons. The molecule has 1 heterocycles. The van der Waals surface area contributed by atoms with Crippen LogP contribution in [0, 0.1) is 5.92 Å². The normalized spacial score (nSPS) is 13.4. The van der Waals surface area contributed by atoms with E-state index in [0.717, 1.165) is 0 Å². The zero-order valence-electron chi connectivity index (χ0n) is 9.79. The molecule has 1 unspecified atom stereocenters. The van der Waals surface area contributed by atoms with Crippen molar-refractivity contribution in [1.82, 2.24) is 20.1 Å². The number of nitrogens with two attached hydrogens (primary N) is 1. The minimum Gasteiger partial charge on any atom is -0.409 e. The van der Waals surface area contributed by atoms with Gasteiger partial charge in [0, 0.05) is 7.05 Å². The first-order valence-electron chi connectivity index (χ1n) is 5.18. The van der Waals surface area contributed by atoms with E-state index in [-0.39, 0.29) is 18.3 Å². The molecule has 0 saturated carbocycles. The molecule has 17 heavy (non-hydrogen) atoms. The highest BCUT2D eigenvalue weighted by atomic mass is 16.4. The van der Waals surface area contributed by atoms with Crippen molar-refractivity contribution in [2.45, 2.75) is 19.9 Å². The third-order valence-electron chi connectivity index (χ3n) is 2.26. The van der Waals surface area contributed by atoms with Gasteiger partial charge in [-0.2, -0.15) is 5.10 Å². The molecular formula is C9H16N6O2. The van der Waals surface area contributed by atoms with Crippen LogP contribution in [0.4, 0.5) is 0 Å². The number of carbonyl (C=O) groups is 1. The Hall–Kier alpha value is -2.12. The number of carbonyl (C=O) groups excluding carboxylic acids is 1. The summed E-state index contributed by atoms with van der Waals surface area (Å²) in [5.74, 6) is -0.534. The number of aryl methyl sites for hydroxylation is 1. The van der Waals surface area contributed by atoms with E-state index in [0.29, 0.717) is 12.2 Å². The maximum atomic E-state index is 11.7. The number of rotatable bonds is 5. The van der Waals surface area contributed by atoms with E-state index in [2.05, 4.69) is 20.6 Å². The molecule has 8 nitrogen and oxygen atoms in total. The van der Waals surface area contributed by atoms with Crippen molar-refractivity contribution in [3.05, 3.63) is 12.2 Å². The molecule has 0 saturated heterocycles. The van der Waals surface area contributed by atoms with Crippen molar-refractivity contribution in [2.75, 3.05) is 0 Å². The second-order valence-electron chi connectivity index (χ2n) is 3.54. The Kier molecular flexibility index (Phi) is 4.44. The summed E-state index contributed by atoms with van der Waals surface area (Å²) in [5, 5.41) is 18.0. The Labute approximate surface area is 98.5 Å². The lowest BCUT2D eigenvalue weighted by molar-refractivity contribution is -0.123. The first kappa shape index (κ1) is 12.9. The average Bonchev–Trinajstić information content (AvgIpc) is 2.73. The van der Waals surface area contributed by atoms with Gasteiger partial charge in [-0.25, -0.2) is 4.98 Å². The summed E-state index contributed by atoms with van der Waals surface area (Å²) >= 11 is 0. The zero-order valence-corrected chi connectivity index (χ0v) is 9.79. The third-order valence-corrected chi connectivity index (χ3v) is 2.26. The number of nitrogens with one attached hydrogen (secondary N) is 1. The van der Waals surface area contributed by atoms with E-state index in [1.54, 1.807) is 25.0 Å². The summed E-state index contributed by atoms with van der Waals surface area (Å²) < 4.78 is 1.54. The number of amides is 1. The van der Waals surface area contributed by atoms with E-state index in [4.69, 9.17) is 10.9 Å². The minimum atomic E-state index is -0.635. The van der Waals surface area contributed by atoms with Crippen LogP contribution in [0.15, 0.2) is 11.5 Å². The Morgan fingerprint density at radius 1 is 1.76 bits per heavy atom. The largest absolute Gasteiger partial charge is 0.409 e. The molecule has 0 aliphatic carbocycles. The standard InChI is InChI=1S/C9H16N6O2/c1-3-6(8(10)14-17)9(16)11-4-7-12-5-15(2)13-7/h5-6,17H,3-4H2,1-2H3,(H2,10,14)(H,11,16). The molecule has 0 bridgehead atoms. The van der Waals surface area contributed by atoms with Crippen molar-refractivity contribution in [2.24, 2.45) is 23.9 Å². The molecule has 4 N–H and O–H groups in total. The number of hydrogen-bond acceptors (Lipinski definition) is 5. The van der Waals surface area contributed by atoms with E-state index in [1.807, 2.05) is 0 Å². The van der Waals surface area contributed by atoms with Gasteiger partial charge in [0.15, 0.2) is 11.7 Å².